The van der Waals surface area contributed by atoms with Crippen LogP contribution in [0.1, 0.15) is 38.2 Å². The fourth-order valence-corrected chi connectivity index (χ4v) is 2.85. The van der Waals surface area contributed by atoms with Crippen molar-refractivity contribution in [2.45, 2.75) is 38.6 Å². The zero-order valence-electron chi connectivity index (χ0n) is 10.0. The van der Waals surface area contributed by atoms with Gasteiger partial charge in [0, 0.05) is 11.7 Å². The van der Waals surface area contributed by atoms with Crippen molar-refractivity contribution < 1.29 is 0 Å². The van der Waals surface area contributed by atoms with Gasteiger partial charge in [-0.2, -0.15) is 5.26 Å². The summed E-state index contributed by atoms with van der Waals surface area (Å²) in [7, 11) is 0. The van der Waals surface area contributed by atoms with Crippen LogP contribution < -0.4 is 5.32 Å². The Morgan fingerprint density at radius 3 is 2.94 bits per heavy atom. The first-order chi connectivity index (χ1) is 8.24. The number of nitriles is 1. The van der Waals surface area contributed by atoms with Gasteiger partial charge in [0.25, 0.3) is 0 Å². The average molecular weight is 249 g/mol. The Morgan fingerprint density at radius 1 is 1.47 bits per heavy atom. The highest BCUT2D eigenvalue weighted by Gasteiger charge is 2.25. The molecule has 1 aliphatic carbocycles. The molecule has 0 bridgehead atoms. The van der Waals surface area contributed by atoms with Crippen LogP contribution in [-0.2, 0) is 0 Å². The Bertz CT molecular complexity index is 436. The van der Waals surface area contributed by atoms with Crippen molar-refractivity contribution in [2.75, 3.05) is 5.32 Å². The van der Waals surface area contributed by atoms with Gasteiger partial charge in [-0.15, -0.1) is 0 Å². The van der Waals surface area contributed by atoms with Gasteiger partial charge in [0.15, 0.2) is 0 Å². The first kappa shape index (κ1) is 12.3. The van der Waals surface area contributed by atoms with Crippen molar-refractivity contribution in [2.24, 2.45) is 5.92 Å². The number of halogens is 1. The summed E-state index contributed by atoms with van der Waals surface area (Å²) in [6, 6.07) is 8.21. The Balaban J connectivity index is 2.09. The first-order valence-electron chi connectivity index (χ1n) is 6.20. The first-order valence-corrected chi connectivity index (χ1v) is 6.58. The lowest BCUT2D eigenvalue weighted by atomic mass is 10.0. The maximum Gasteiger partial charge on any atom is 0.101 e. The summed E-state index contributed by atoms with van der Waals surface area (Å²) < 4.78 is 0. The van der Waals surface area contributed by atoms with Crippen LogP contribution in [0.25, 0.3) is 0 Å². The smallest absolute Gasteiger partial charge is 0.101 e. The Labute approximate surface area is 108 Å². The molecule has 0 radical (unpaired) electrons. The summed E-state index contributed by atoms with van der Waals surface area (Å²) in [6.45, 7) is 2.25. The summed E-state index contributed by atoms with van der Waals surface area (Å²) >= 11 is 6.02. The van der Waals surface area contributed by atoms with Gasteiger partial charge in [-0.25, -0.2) is 0 Å². The fraction of sp³-hybridized carbons (Fsp3) is 0.500. The quantitative estimate of drug-likeness (QED) is 0.870. The second kappa shape index (κ2) is 5.42. The molecule has 1 N–H and O–H groups in total. The van der Waals surface area contributed by atoms with Crippen molar-refractivity contribution in [1.29, 1.82) is 5.26 Å². The lowest BCUT2D eigenvalue weighted by Crippen LogP contribution is -2.23. The molecule has 0 aliphatic heterocycles. The van der Waals surface area contributed by atoms with Crippen molar-refractivity contribution in [3.8, 4) is 6.07 Å². The maximum absolute atomic E-state index is 8.82. The van der Waals surface area contributed by atoms with E-state index in [0.29, 0.717) is 16.6 Å². The van der Waals surface area contributed by atoms with Gasteiger partial charge >= 0.3 is 0 Å². The number of nitrogens with zero attached hydrogens (tertiary/aromatic N) is 1. The molecule has 1 aromatic rings. The molecule has 1 aromatic carbocycles. The second-order valence-electron chi connectivity index (χ2n) is 4.66. The van der Waals surface area contributed by atoms with Crippen LogP contribution in [0, 0.1) is 17.2 Å². The summed E-state index contributed by atoms with van der Waals surface area (Å²) in [5.74, 6) is 0.768. The van der Waals surface area contributed by atoms with Gasteiger partial charge in [0.05, 0.1) is 10.6 Å². The molecule has 0 heterocycles. The molecule has 2 nitrogen and oxygen atoms in total. The number of anilines is 1. The van der Waals surface area contributed by atoms with Gasteiger partial charge in [0.1, 0.15) is 6.07 Å². The van der Waals surface area contributed by atoms with Gasteiger partial charge in [-0.05, 0) is 37.0 Å². The number of rotatable bonds is 3. The van der Waals surface area contributed by atoms with Crippen molar-refractivity contribution in [1.82, 2.24) is 0 Å². The van der Waals surface area contributed by atoms with E-state index in [2.05, 4.69) is 18.3 Å². The molecular formula is C14H17ClN2. The fourth-order valence-electron chi connectivity index (χ4n) is 2.63. The van der Waals surface area contributed by atoms with Crippen LogP contribution in [0.5, 0.6) is 0 Å². The molecule has 2 unspecified atom stereocenters. The standard InChI is InChI=1S/C14H17ClN2/c1-2-10-4-3-5-14(10)17-12-7-6-11(9-16)13(15)8-12/h6-8,10,14,17H,2-5H2,1H3. The predicted octanol–water partition coefficient (Wildman–Crippen LogP) is 4.20. The second-order valence-corrected chi connectivity index (χ2v) is 5.06. The van der Waals surface area contributed by atoms with Gasteiger partial charge in [0.2, 0.25) is 0 Å². The zero-order valence-corrected chi connectivity index (χ0v) is 10.8. The molecule has 2 rings (SSSR count). The van der Waals surface area contributed by atoms with Crippen molar-refractivity contribution in [3.05, 3.63) is 28.8 Å². The lowest BCUT2D eigenvalue weighted by Gasteiger charge is -2.21. The molecule has 0 amide bonds. The number of benzene rings is 1. The third-order valence-electron chi connectivity index (χ3n) is 3.63. The molecular weight excluding hydrogens is 232 g/mol. The molecule has 0 saturated heterocycles. The van der Waals surface area contributed by atoms with E-state index in [9.17, 15) is 0 Å². The van der Waals surface area contributed by atoms with E-state index in [4.69, 9.17) is 16.9 Å². The van der Waals surface area contributed by atoms with Gasteiger partial charge in [-0.3, -0.25) is 0 Å². The number of nitrogens with one attached hydrogen (secondary N) is 1. The van der Waals surface area contributed by atoms with E-state index in [-0.39, 0.29) is 0 Å². The van der Waals surface area contributed by atoms with Crippen molar-refractivity contribution >= 4 is 17.3 Å². The molecule has 1 saturated carbocycles. The predicted molar refractivity (Wildman–Crippen MR) is 71.2 cm³/mol. The number of hydrogen-bond donors (Lipinski definition) is 1. The van der Waals surface area contributed by atoms with Gasteiger partial charge in [-0.1, -0.05) is 31.4 Å². The molecule has 3 heteroatoms. The molecule has 2 atom stereocenters. The third kappa shape index (κ3) is 2.73. The number of hydrogen-bond acceptors (Lipinski definition) is 2. The Kier molecular flexibility index (Phi) is 3.91. The van der Waals surface area contributed by atoms with Crippen LogP contribution in [0.2, 0.25) is 5.02 Å². The Hall–Kier alpha value is -1.20. The highest BCUT2D eigenvalue weighted by atomic mass is 35.5. The Morgan fingerprint density at radius 2 is 2.29 bits per heavy atom. The van der Waals surface area contributed by atoms with E-state index in [1.54, 1.807) is 6.07 Å². The minimum Gasteiger partial charge on any atom is -0.382 e. The monoisotopic (exact) mass is 248 g/mol. The molecule has 0 spiro atoms. The van der Waals surface area contributed by atoms with E-state index < -0.39 is 0 Å². The third-order valence-corrected chi connectivity index (χ3v) is 3.94. The van der Waals surface area contributed by atoms with Crippen LogP contribution in [0.3, 0.4) is 0 Å². The minimum atomic E-state index is 0.531. The topological polar surface area (TPSA) is 35.8 Å². The molecule has 0 aromatic heterocycles. The molecule has 1 fully saturated rings. The van der Waals surface area contributed by atoms with Crippen molar-refractivity contribution in [3.63, 3.8) is 0 Å². The largest absolute Gasteiger partial charge is 0.382 e. The van der Waals surface area contributed by atoms with Gasteiger partial charge < -0.3 is 5.32 Å². The highest BCUT2D eigenvalue weighted by molar-refractivity contribution is 6.32. The van der Waals surface area contributed by atoms with E-state index in [1.165, 1.54) is 25.7 Å². The van der Waals surface area contributed by atoms with E-state index in [1.807, 2.05) is 12.1 Å². The summed E-state index contributed by atoms with van der Waals surface area (Å²) in [4.78, 5) is 0. The molecule has 17 heavy (non-hydrogen) atoms. The van der Waals surface area contributed by atoms with E-state index >= 15 is 0 Å². The SMILES string of the molecule is CCC1CCCC1Nc1ccc(C#N)c(Cl)c1. The van der Waals surface area contributed by atoms with Crippen LogP contribution in [0.4, 0.5) is 5.69 Å². The summed E-state index contributed by atoms with van der Waals surface area (Å²) in [5.41, 5.74) is 1.56. The van der Waals surface area contributed by atoms with E-state index in [0.717, 1.165) is 11.6 Å². The lowest BCUT2D eigenvalue weighted by molar-refractivity contribution is 0.489. The zero-order chi connectivity index (χ0) is 12.3. The average Bonchev–Trinajstić information content (AvgIpc) is 2.76. The summed E-state index contributed by atoms with van der Waals surface area (Å²) in [6.07, 6.45) is 5.08. The molecule has 1 aliphatic rings. The van der Waals surface area contributed by atoms with Crippen LogP contribution >= 0.6 is 11.6 Å². The summed E-state index contributed by atoms with van der Waals surface area (Å²) in [5, 5.41) is 12.9. The van der Waals surface area contributed by atoms with Crippen LogP contribution in [-0.4, -0.2) is 6.04 Å². The normalized spacial score (nSPS) is 23.4. The highest BCUT2D eigenvalue weighted by Crippen LogP contribution is 2.31. The minimum absolute atomic E-state index is 0.531. The van der Waals surface area contributed by atoms with Crippen LogP contribution in [0.15, 0.2) is 18.2 Å². The maximum atomic E-state index is 8.82. The molecule has 90 valence electrons.